The van der Waals surface area contributed by atoms with Gasteiger partial charge in [0.15, 0.2) is 0 Å². The summed E-state index contributed by atoms with van der Waals surface area (Å²) < 4.78 is 53.0. The van der Waals surface area contributed by atoms with Gasteiger partial charge in [0, 0.05) is 6.42 Å². The molecule has 44 heavy (non-hydrogen) atoms. The highest BCUT2D eigenvalue weighted by Gasteiger charge is 2.42. The fourth-order valence-electron chi connectivity index (χ4n) is 5.04. The lowest BCUT2D eigenvalue weighted by molar-refractivity contribution is -0.139. The van der Waals surface area contributed by atoms with Crippen molar-refractivity contribution < 1.29 is 31.9 Å². The first-order valence-electron chi connectivity index (χ1n) is 13.7. The maximum atomic E-state index is 13.9. The molecule has 0 radical (unpaired) electrons. The van der Waals surface area contributed by atoms with Crippen molar-refractivity contribution in [1.82, 2.24) is 5.32 Å². The summed E-state index contributed by atoms with van der Waals surface area (Å²) in [6, 6.07) is 24.6. The van der Waals surface area contributed by atoms with Crippen molar-refractivity contribution in [2.45, 2.75) is 23.8 Å². The van der Waals surface area contributed by atoms with Gasteiger partial charge in [0.1, 0.15) is 24.2 Å². The Morgan fingerprint density at radius 3 is 2.45 bits per heavy atom. The van der Waals surface area contributed by atoms with Crippen LogP contribution >= 0.6 is 0 Å². The standard InChI is InChI=1S/C33H28FN3O6S/c1-42-32(38)18-22-6-11-27(12-7-22)43-17-16-36-33(39)31-20-24-4-2-3-5-30(24)37(31)44(40,41)28-13-8-23(9-14-28)29-15-10-26(34)19-25(29)21-35/h2-15,19,31H,16-18,20H2,1H3,(H,36,39)/t31-/m0/s1. The van der Waals surface area contributed by atoms with Gasteiger partial charge in [-0.05, 0) is 64.7 Å². The third kappa shape index (κ3) is 6.40. The number of fused-ring (bicyclic) bond motifs is 1. The highest BCUT2D eigenvalue weighted by Crippen LogP contribution is 2.37. The number of esters is 1. The molecule has 4 aromatic rings. The molecule has 0 fully saturated rings. The number of para-hydroxylation sites is 1. The van der Waals surface area contributed by atoms with Gasteiger partial charge >= 0.3 is 5.97 Å². The van der Waals surface area contributed by atoms with Crippen LogP contribution < -0.4 is 14.4 Å². The number of methoxy groups -OCH3 is 1. The number of ether oxygens (including phenoxy) is 2. The van der Waals surface area contributed by atoms with E-state index in [0.717, 1.165) is 21.5 Å². The first-order chi connectivity index (χ1) is 21.2. The number of rotatable bonds is 10. The largest absolute Gasteiger partial charge is 0.492 e. The first-order valence-corrected chi connectivity index (χ1v) is 15.1. The number of amides is 1. The molecule has 0 aliphatic carbocycles. The summed E-state index contributed by atoms with van der Waals surface area (Å²) in [5, 5.41) is 12.2. The first kappa shape index (κ1) is 30.3. The van der Waals surface area contributed by atoms with Crippen molar-refractivity contribution in [3.8, 4) is 22.9 Å². The highest BCUT2D eigenvalue weighted by molar-refractivity contribution is 7.93. The zero-order valence-corrected chi connectivity index (χ0v) is 24.5. The summed E-state index contributed by atoms with van der Waals surface area (Å²) in [5.41, 5.74) is 3.07. The molecule has 1 N–H and O–H groups in total. The third-order valence-electron chi connectivity index (χ3n) is 7.22. The Labute approximate surface area is 254 Å². The Morgan fingerprint density at radius 2 is 1.75 bits per heavy atom. The van der Waals surface area contributed by atoms with E-state index >= 15 is 0 Å². The van der Waals surface area contributed by atoms with Gasteiger partial charge in [0.25, 0.3) is 10.0 Å². The number of carbonyl (C=O) groups is 2. The molecule has 4 aromatic carbocycles. The average molecular weight is 614 g/mol. The number of sulfonamides is 1. The number of hydrogen-bond donors (Lipinski definition) is 1. The number of nitrogens with one attached hydrogen (secondary N) is 1. The molecule has 5 rings (SSSR count). The maximum Gasteiger partial charge on any atom is 0.309 e. The van der Waals surface area contributed by atoms with Gasteiger partial charge in [-0.15, -0.1) is 0 Å². The number of nitriles is 1. The molecule has 1 atom stereocenters. The molecule has 0 spiro atoms. The van der Waals surface area contributed by atoms with Crippen molar-refractivity contribution in [3.63, 3.8) is 0 Å². The van der Waals surface area contributed by atoms with Gasteiger partial charge < -0.3 is 14.8 Å². The Morgan fingerprint density at radius 1 is 1.02 bits per heavy atom. The van der Waals surface area contributed by atoms with E-state index in [1.54, 1.807) is 60.7 Å². The van der Waals surface area contributed by atoms with E-state index in [2.05, 4.69) is 10.1 Å². The third-order valence-corrected chi connectivity index (χ3v) is 9.06. The Bertz CT molecular complexity index is 1840. The van der Waals surface area contributed by atoms with E-state index in [4.69, 9.17) is 4.74 Å². The van der Waals surface area contributed by atoms with Gasteiger partial charge in [0.2, 0.25) is 5.91 Å². The van der Waals surface area contributed by atoms with Crippen LogP contribution in [0.5, 0.6) is 5.75 Å². The SMILES string of the molecule is COC(=O)Cc1ccc(OCCNC(=O)[C@@H]2Cc3ccccc3N2S(=O)(=O)c2ccc(-c3ccc(F)cc3C#N)cc2)cc1. The second-order valence-electron chi connectivity index (χ2n) is 10.0. The van der Waals surface area contributed by atoms with Crippen molar-refractivity contribution >= 4 is 27.6 Å². The van der Waals surface area contributed by atoms with E-state index in [-0.39, 0.29) is 42.4 Å². The number of benzene rings is 4. The average Bonchev–Trinajstić information content (AvgIpc) is 3.44. The summed E-state index contributed by atoms with van der Waals surface area (Å²) in [7, 11) is -2.85. The van der Waals surface area contributed by atoms with Crippen molar-refractivity contribution in [1.29, 1.82) is 5.26 Å². The van der Waals surface area contributed by atoms with E-state index in [1.165, 1.54) is 31.4 Å². The number of anilines is 1. The number of carbonyl (C=O) groups excluding carboxylic acids is 2. The number of halogens is 1. The normalized spacial score (nSPS) is 13.9. The molecular weight excluding hydrogens is 585 g/mol. The van der Waals surface area contributed by atoms with Crippen LogP contribution in [-0.2, 0) is 37.2 Å². The van der Waals surface area contributed by atoms with E-state index < -0.39 is 27.8 Å². The van der Waals surface area contributed by atoms with Crippen LogP contribution in [-0.4, -0.2) is 46.6 Å². The van der Waals surface area contributed by atoms with Crippen molar-refractivity contribution in [2.75, 3.05) is 24.6 Å². The second-order valence-corrected chi connectivity index (χ2v) is 11.8. The summed E-state index contributed by atoms with van der Waals surface area (Å²) >= 11 is 0. The summed E-state index contributed by atoms with van der Waals surface area (Å²) in [6.45, 7) is 0.279. The van der Waals surface area contributed by atoms with Gasteiger partial charge in [-0.25, -0.2) is 12.8 Å². The highest BCUT2D eigenvalue weighted by atomic mass is 32.2. The number of hydrogen-bond acceptors (Lipinski definition) is 7. The van der Waals surface area contributed by atoms with Crippen LogP contribution in [0.3, 0.4) is 0 Å². The van der Waals surface area contributed by atoms with Gasteiger partial charge in [-0.2, -0.15) is 5.26 Å². The summed E-state index contributed by atoms with van der Waals surface area (Å²) in [6.07, 6.45) is 0.347. The Kier molecular flexibility index (Phi) is 8.92. The Balaban J connectivity index is 1.29. The van der Waals surface area contributed by atoms with Crippen LogP contribution in [0.1, 0.15) is 16.7 Å². The number of nitrogens with zero attached hydrogens (tertiary/aromatic N) is 2. The zero-order valence-electron chi connectivity index (χ0n) is 23.7. The molecule has 0 saturated heterocycles. The molecule has 11 heteroatoms. The minimum absolute atomic E-state index is 0.0321. The molecule has 0 saturated carbocycles. The molecule has 1 aliphatic heterocycles. The lowest BCUT2D eigenvalue weighted by Crippen LogP contribution is -2.48. The Hall–Kier alpha value is -5.21. The summed E-state index contributed by atoms with van der Waals surface area (Å²) in [4.78, 5) is 24.7. The molecule has 0 bridgehead atoms. The van der Waals surface area contributed by atoms with Crippen molar-refractivity contribution in [3.05, 3.63) is 114 Å². The smallest absolute Gasteiger partial charge is 0.309 e. The van der Waals surface area contributed by atoms with Crippen LogP contribution in [0, 0.1) is 17.1 Å². The van der Waals surface area contributed by atoms with Gasteiger partial charge in [0.05, 0.1) is 42.3 Å². The zero-order chi connectivity index (χ0) is 31.3. The lowest BCUT2D eigenvalue weighted by Gasteiger charge is -2.26. The van der Waals surface area contributed by atoms with Crippen LogP contribution in [0.25, 0.3) is 11.1 Å². The fraction of sp³-hybridized carbons (Fsp3) is 0.182. The summed E-state index contributed by atoms with van der Waals surface area (Å²) in [5.74, 6) is -0.804. The maximum absolute atomic E-state index is 13.9. The predicted octanol–water partition coefficient (Wildman–Crippen LogP) is 4.40. The van der Waals surface area contributed by atoms with Crippen LogP contribution in [0.15, 0.2) is 95.9 Å². The minimum atomic E-state index is -4.17. The van der Waals surface area contributed by atoms with Crippen molar-refractivity contribution in [2.24, 2.45) is 0 Å². The molecule has 1 amide bonds. The van der Waals surface area contributed by atoms with Crippen LogP contribution in [0.2, 0.25) is 0 Å². The molecule has 1 aliphatic rings. The van der Waals surface area contributed by atoms with Gasteiger partial charge in [-0.3, -0.25) is 13.9 Å². The fourth-order valence-corrected chi connectivity index (χ4v) is 6.69. The van der Waals surface area contributed by atoms with E-state index in [9.17, 15) is 27.7 Å². The van der Waals surface area contributed by atoms with E-state index in [1.807, 2.05) is 6.07 Å². The molecule has 0 unspecified atom stereocenters. The topological polar surface area (TPSA) is 126 Å². The van der Waals surface area contributed by atoms with Crippen LogP contribution in [0.4, 0.5) is 10.1 Å². The minimum Gasteiger partial charge on any atom is -0.492 e. The monoisotopic (exact) mass is 613 g/mol. The molecule has 9 nitrogen and oxygen atoms in total. The molecular formula is C33H28FN3O6S. The molecule has 1 heterocycles. The quantitative estimate of drug-likeness (QED) is 0.208. The lowest BCUT2D eigenvalue weighted by atomic mass is 10.0. The molecule has 224 valence electrons. The predicted molar refractivity (Wildman–Crippen MR) is 161 cm³/mol. The molecule has 0 aromatic heterocycles. The van der Waals surface area contributed by atoms with Gasteiger partial charge in [-0.1, -0.05) is 48.5 Å². The van der Waals surface area contributed by atoms with E-state index in [0.29, 0.717) is 22.6 Å². The second kappa shape index (κ2) is 13.0.